The monoisotopic (exact) mass is 347 g/mol. The van der Waals surface area contributed by atoms with Crippen LogP contribution in [0.1, 0.15) is 77.3 Å². The maximum Gasteiger partial charge on any atom is 2.00 e. The van der Waals surface area contributed by atoms with E-state index in [1.807, 2.05) is 13.8 Å². The molecule has 0 aliphatic rings. The summed E-state index contributed by atoms with van der Waals surface area (Å²) in [7, 11) is 0. The van der Waals surface area contributed by atoms with Gasteiger partial charge in [-0.25, -0.2) is 0 Å². The summed E-state index contributed by atoms with van der Waals surface area (Å²) in [5.74, 6) is 1.07. The maximum atomic E-state index is 12.0. The van der Waals surface area contributed by atoms with Crippen molar-refractivity contribution < 1.29 is 21.3 Å². The van der Waals surface area contributed by atoms with Crippen LogP contribution in [0.2, 0.25) is 0 Å². The zero-order valence-electron chi connectivity index (χ0n) is 15.1. The van der Waals surface area contributed by atoms with E-state index < -0.39 is 0 Å². The van der Waals surface area contributed by atoms with Crippen LogP contribution in [-0.4, -0.2) is 11.8 Å². The molecule has 1 aromatic carbocycles. The summed E-state index contributed by atoms with van der Waals surface area (Å²) in [4.78, 5) is 12.0. The molecule has 1 unspecified atom stereocenters. The van der Waals surface area contributed by atoms with Crippen molar-refractivity contribution in [3.05, 3.63) is 42.1 Å². The number of nitrogens with zero attached hydrogens (tertiary/aromatic N) is 1. The quantitative estimate of drug-likeness (QED) is 0.430. The summed E-state index contributed by atoms with van der Waals surface area (Å²) in [6, 6.07) is 6.18. The van der Waals surface area contributed by atoms with Crippen molar-refractivity contribution in [3.8, 4) is 0 Å². The number of carbonyl (C=O) groups excluding carboxylic acids is 1. The molecule has 1 atom stereocenters. The average Bonchev–Trinajstić information content (AvgIpc) is 2.43. The molecule has 1 rings (SSSR count). The Morgan fingerprint density at radius 3 is 1.82 bits per heavy atom. The van der Waals surface area contributed by atoms with E-state index in [-0.39, 0.29) is 35.7 Å². The Hall–Kier alpha value is -0.816. The van der Waals surface area contributed by atoms with Crippen molar-refractivity contribution >= 4 is 11.5 Å². The molecule has 0 bridgehead atoms. The Labute approximate surface area is 147 Å². The predicted molar refractivity (Wildman–Crippen MR) is 93.4 cm³/mol. The van der Waals surface area contributed by atoms with Crippen LogP contribution in [-0.2, 0) is 21.3 Å². The van der Waals surface area contributed by atoms with Crippen LogP contribution in [0.4, 0.5) is 5.69 Å². The standard InChI is InChI=1S/C18H28NO.CH3.Ni/c1-7-16(17(20)8-2)19-18-14(12(3)4)10-9-11-15(18)13(5)6;;/h9-13,16H,7-8H2,1-6H3;1H3;/q2*-1;+2. The molecule has 0 N–H and O–H groups in total. The van der Waals surface area contributed by atoms with Gasteiger partial charge in [-0.05, 0) is 11.8 Å². The first-order chi connectivity index (χ1) is 9.42. The molecule has 3 heteroatoms. The molecular weight excluding hydrogens is 317 g/mol. The van der Waals surface area contributed by atoms with E-state index in [0.29, 0.717) is 18.3 Å². The number of hydrogen-bond donors (Lipinski definition) is 0. The normalized spacial score (nSPS) is 11.6. The second kappa shape index (κ2) is 10.8. The third-order valence-electron chi connectivity index (χ3n) is 3.73. The minimum atomic E-state index is -0.197. The van der Waals surface area contributed by atoms with Gasteiger partial charge in [-0.2, -0.15) is 0 Å². The van der Waals surface area contributed by atoms with Gasteiger partial charge in [0.15, 0.2) is 0 Å². The Morgan fingerprint density at radius 1 is 1.05 bits per heavy atom. The van der Waals surface area contributed by atoms with E-state index in [0.717, 1.165) is 12.1 Å². The largest absolute Gasteiger partial charge is 2.00 e. The van der Waals surface area contributed by atoms with Crippen molar-refractivity contribution in [1.82, 2.24) is 0 Å². The van der Waals surface area contributed by atoms with E-state index in [1.54, 1.807) is 0 Å². The zero-order chi connectivity index (χ0) is 15.3. The molecule has 0 aliphatic carbocycles. The summed E-state index contributed by atoms with van der Waals surface area (Å²) in [5.41, 5.74) is 3.54. The summed E-state index contributed by atoms with van der Waals surface area (Å²) in [5, 5.41) is 4.84. The van der Waals surface area contributed by atoms with E-state index in [9.17, 15) is 4.79 Å². The van der Waals surface area contributed by atoms with Gasteiger partial charge in [-0.15, -0.1) is 5.69 Å². The number of ketones is 1. The first-order valence-corrected chi connectivity index (χ1v) is 7.78. The molecule has 0 fully saturated rings. The van der Waals surface area contributed by atoms with E-state index >= 15 is 0 Å². The number of Topliss-reactive ketones (excluding diaryl/α,β-unsaturated/α-hetero) is 1. The van der Waals surface area contributed by atoms with Gasteiger partial charge in [0.05, 0.1) is 0 Å². The van der Waals surface area contributed by atoms with Crippen LogP contribution in [0.15, 0.2) is 18.2 Å². The second-order valence-corrected chi connectivity index (χ2v) is 5.97. The summed E-state index contributed by atoms with van der Waals surface area (Å²) >= 11 is 0. The summed E-state index contributed by atoms with van der Waals surface area (Å²) < 4.78 is 0. The topological polar surface area (TPSA) is 31.2 Å². The van der Waals surface area contributed by atoms with E-state index in [4.69, 9.17) is 5.32 Å². The fourth-order valence-corrected chi connectivity index (χ4v) is 2.44. The van der Waals surface area contributed by atoms with E-state index in [1.165, 1.54) is 11.1 Å². The Bertz CT molecular complexity index is 428. The second-order valence-electron chi connectivity index (χ2n) is 5.97. The zero-order valence-corrected chi connectivity index (χ0v) is 16.0. The van der Waals surface area contributed by atoms with Crippen molar-refractivity contribution in [2.24, 2.45) is 0 Å². The Balaban J connectivity index is 0. The fraction of sp³-hybridized carbons (Fsp3) is 0.579. The van der Waals surface area contributed by atoms with Crippen molar-refractivity contribution in [2.75, 3.05) is 0 Å². The van der Waals surface area contributed by atoms with Gasteiger partial charge in [-0.3, -0.25) is 0 Å². The van der Waals surface area contributed by atoms with Crippen LogP contribution in [0.3, 0.4) is 0 Å². The number of benzene rings is 1. The number of carbonyl (C=O) groups is 1. The molecule has 0 saturated carbocycles. The minimum absolute atomic E-state index is 0. The predicted octanol–water partition coefficient (Wildman–Crippen LogP) is 6.14. The number of para-hydroxylation sites is 1. The van der Waals surface area contributed by atoms with Gasteiger partial charge < -0.3 is 17.5 Å². The van der Waals surface area contributed by atoms with Crippen LogP contribution in [0, 0.1) is 7.43 Å². The van der Waals surface area contributed by atoms with Gasteiger partial charge in [0.25, 0.3) is 0 Å². The third-order valence-corrected chi connectivity index (χ3v) is 3.73. The first-order valence-electron chi connectivity index (χ1n) is 7.78. The minimum Gasteiger partial charge on any atom is -0.675 e. The molecule has 0 amide bonds. The van der Waals surface area contributed by atoms with Crippen LogP contribution in [0.25, 0.3) is 5.32 Å². The van der Waals surface area contributed by atoms with Crippen molar-refractivity contribution in [3.63, 3.8) is 0 Å². The number of rotatable bonds is 7. The smallest absolute Gasteiger partial charge is 0.675 e. The van der Waals surface area contributed by atoms with Gasteiger partial charge in [0.2, 0.25) is 0 Å². The molecule has 1 aromatic rings. The third kappa shape index (κ3) is 5.76. The molecule has 0 spiro atoms. The Morgan fingerprint density at radius 2 is 1.50 bits per heavy atom. The molecule has 0 aliphatic heterocycles. The van der Waals surface area contributed by atoms with Crippen molar-refractivity contribution in [1.29, 1.82) is 0 Å². The van der Waals surface area contributed by atoms with Gasteiger partial charge in [-0.1, -0.05) is 83.3 Å². The van der Waals surface area contributed by atoms with Gasteiger partial charge in [0.1, 0.15) is 5.78 Å². The molecule has 0 heterocycles. The van der Waals surface area contributed by atoms with Gasteiger partial charge >= 0.3 is 16.5 Å². The van der Waals surface area contributed by atoms with Crippen LogP contribution >= 0.6 is 0 Å². The first kappa shape index (κ1) is 23.4. The van der Waals surface area contributed by atoms with Gasteiger partial charge in [0, 0.05) is 6.42 Å². The molecular formula is C19H31NNiO. The van der Waals surface area contributed by atoms with Crippen LogP contribution in [0.5, 0.6) is 0 Å². The molecule has 128 valence electrons. The molecule has 0 saturated heterocycles. The summed E-state index contributed by atoms with van der Waals surface area (Å²) in [6.45, 7) is 12.7. The number of hydrogen-bond acceptors (Lipinski definition) is 1. The maximum absolute atomic E-state index is 12.0. The average molecular weight is 348 g/mol. The van der Waals surface area contributed by atoms with Crippen LogP contribution < -0.4 is 0 Å². The molecule has 0 radical (unpaired) electrons. The SMILES string of the molecule is CCC(=O)C(CC)[N-]c1c(C(C)C)cccc1C(C)C.[CH3-].[Ni+2]. The van der Waals surface area contributed by atoms with E-state index in [2.05, 4.69) is 45.9 Å². The molecule has 22 heavy (non-hydrogen) atoms. The molecule has 0 aromatic heterocycles. The summed E-state index contributed by atoms with van der Waals surface area (Å²) in [6.07, 6.45) is 1.33. The molecule has 2 nitrogen and oxygen atoms in total. The Kier molecular flexibility index (Phi) is 11.5. The fourth-order valence-electron chi connectivity index (χ4n) is 2.44. The van der Waals surface area contributed by atoms with Crippen molar-refractivity contribution in [2.45, 2.75) is 72.3 Å².